The summed E-state index contributed by atoms with van der Waals surface area (Å²) in [6.45, 7) is 8.10. The minimum absolute atomic E-state index is 0.339. The van der Waals surface area contributed by atoms with Crippen LogP contribution in [0.5, 0.6) is 0 Å². The molecule has 1 rings (SSSR count). The van der Waals surface area contributed by atoms with Crippen molar-refractivity contribution >= 4 is 5.96 Å². The highest BCUT2D eigenvalue weighted by Gasteiger charge is 2.36. The Balaban J connectivity index is 2.35. The number of rotatable bonds is 7. The second-order valence-electron chi connectivity index (χ2n) is 5.11. The van der Waals surface area contributed by atoms with E-state index in [0.29, 0.717) is 17.9 Å². The van der Waals surface area contributed by atoms with E-state index in [0.717, 1.165) is 25.1 Å². The van der Waals surface area contributed by atoms with Crippen molar-refractivity contribution in [3.05, 3.63) is 12.2 Å². The molecule has 0 radical (unpaired) electrons. The molecule has 1 saturated carbocycles. The standard InChI is InChI=1S/C13H25N3O/c1-11(2)9-15-12(14)16-10-13(5-4-6-13)7-8-17-3/h1,4-10H2,2-3H3,(H3,14,15,16). The van der Waals surface area contributed by atoms with Crippen LogP contribution in [0.2, 0.25) is 0 Å². The van der Waals surface area contributed by atoms with Gasteiger partial charge in [-0.25, -0.2) is 0 Å². The van der Waals surface area contributed by atoms with Crippen LogP contribution in [-0.2, 0) is 4.74 Å². The lowest BCUT2D eigenvalue weighted by Gasteiger charge is -2.40. The summed E-state index contributed by atoms with van der Waals surface area (Å²) in [5.74, 6) is 0.525. The van der Waals surface area contributed by atoms with E-state index in [4.69, 9.17) is 10.5 Å². The average Bonchev–Trinajstić information content (AvgIpc) is 2.24. The number of nitrogens with two attached hydrogens (primary N) is 1. The fourth-order valence-electron chi connectivity index (χ4n) is 2.03. The molecule has 0 aromatic heterocycles. The molecule has 0 spiro atoms. The monoisotopic (exact) mass is 239 g/mol. The maximum absolute atomic E-state index is 5.80. The number of nitrogens with zero attached hydrogens (tertiary/aromatic N) is 1. The summed E-state index contributed by atoms with van der Waals surface area (Å²) in [6.07, 6.45) is 4.88. The highest BCUT2D eigenvalue weighted by molar-refractivity contribution is 5.78. The van der Waals surface area contributed by atoms with Gasteiger partial charge in [-0.15, -0.1) is 0 Å². The first-order valence-corrected chi connectivity index (χ1v) is 6.25. The fourth-order valence-corrected chi connectivity index (χ4v) is 2.03. The molecule has 0 saturated heterocycles. The fraction of sp³-hybridized carbons (Fsp3) is 0.769. The largest absolute Gasteiger partial charge is 0.385 e. The molecule has 3 N–H and O–H groups in total. The highest BCUT2D eigenvalue weighted by atomic mass is 16.5. The summed E-state index contributed by atoms with van der Waals surface area (Å²) >= 11 is 0. The van der Waals surface area contributed by atoms with E-state index in [1.54, 1.807) is 7.11 Å². The molecule has 0 bridgehead atoms. The van der Waals surface area contributed by atoms with Crippen molar-refractivity contribution in [2.24, 2.45) is 16.1 Å². The van der Waals surface area contributed by atoms with Gasteiger partial charge < -0.3 is 15.8 Å². The molecule has 0 heterocycles. The van der Waals surface area contributed by atoms with Gasteiger partial charge in [-0.1, -0.05) is 18.6 Å². The summed E-state index contributed by atoms with van der Waals surface area (Å²) in [7, 11) is 1.75. The van der Waals surface area contributed by atoms with Crippen LogP contribution in [0.3, 0.4) is 0 Å². The lowest BCUT2D eigenvalue weighted by molar-refractivity contribution is 0.0779. The van der Waals surface area contributed by atoms with E-state index >= 15 is 0 Å². The molecule has 1 fully saturated rings. The Morgan fingerprint density at radius 1 is 1.53 bits per heavy atom. The topological polar surface area (TPSA) is 59.6 Å². The molecule has 98 valence electrons. The third-order valence-electron chi connectivity index (χ3n) is 3.41. The third-order valence-corrected chi connectivity index (χ3v) is 3.41. The zero-order valence-electron chi connectivity index (χ0n) is 11.1. The van der Waals surface area contributed by atoms with Gasteiger partial charge in [0.2, 0.25) is 0 Å². The number of guanidine groups is 1. The molecule has 4 nitrogen and oxygen atoms in total. The van der Waals surface area contributed by atoms with Crippen LogP contribution in [-0.4, -0.2) is 32.8 Å². The van der Waals surface area contributed by atoms with E-state index in [9.17, 15) is 0 Å². The minimum Gasteiger partial charge on any atom is -0.385 e. The first-order chi connectivity index (χ1) is 8.08. The maximum Gasteiger partial charge on any atom is 0.188 e. The first-order valence-electron chi connectivity index (χ1n) is 6.25. The Morgan fingerprint density at radius 3 is 2.71 bits per heavy atom. The smallest absolute Gasteiger partial charge is 0.188 e. The van der Waals surface area contributed by atoms with Gasteiger partial charge in [0.25, 0.3) is 0 Å². The van der Waals surface area contributed by atoms with Gasteiger partial charge in [-0.2, -0.15) is 0 Å². The summed E-state index contributed by atoms with van der Waals surface area (Å²) in [4.78, 5) is 4.43. The predicted molar refractivity (Wildman–Crippen MR) is 72.1 cm³/mol. The van der Waals surface area contributed by atoms with E-state index < -0.39 is 0 Å². The van der Waals surface area contributed by atoms with Gasteiger partial charge >= 0.3 is 0 Å². The van der Waals surface area contributed by atoms with Crippen molar-refractivity contribution in [3.63, 3.8) is 0 Å². The molecule has 0 aromatic carbocycles. The van der Waals surface area contributed by atoms with Gasteiger partial charge in [0.1, 0.15) is 0 Å². The van der Waals surface area contributed by atoms with Gasteiger partial charge in [-0.05, 0) is 31.6 Å². The van der Waals surface area contributed by atoms with Gasteiger partial charge in [0.05, 0.1) is 0 Å². The van der Waals surface area contributed by atoms with Crippen molar-refractivity contribution in [3.8, 4) is 0 Å². The number of ether oxygens (including phenoxy) is 1. The Bertz CT molecular complexity index is 282. The molecule has 0 aromatic rings. The molecule has 1 aliphatic carbocycles. The Kier molecular flexibility index (Phi) is 5.48. The molecule has 0 aliphatic heterocycles. The van der Waals surface area contributed by atoms with Gasteiger partial charge in [0.15, 0.2) is 5.96 Å². The molecule has 0 unspecified atom stereocenters. The maximum atomic E-state index is 5.80. The van der Waals surface area contributed by atoms with Crippen LogP contribution < -0.4 is 11.1 Å². The Labute approximate surface area is 104 Å². The highest BCUT2D eigenvalue weighted by Crippen LogP contribution is 2.44. The molecule has 1 aliphatic rings. The molecular weight excluding hydrogens is 214 g/mol. The number of hydrogen-bond acceptors (Lipinski definition) is 2. The van der Waals surface area contributed by atoms with E-state index in [2.05, 4.69) is 16.9 Å². The number of hydrogen-bond donors (Lipinski definition) is 2. The third kappa shape index (κ3) is 4.77. The van der Waals surface area contributed by atoms with Crippen LogP contribution in [0, 0.1) is 5.41 Å². The summed E-state index contributed by atoms with van der Waals surface area (Å²) < 4.78 is 5.15. The molecular formula is C13H25N3O. The van der Waals surface area contributed by atoms with E-state index in [1.165, 1.54) is 19.3 Å². The molecule has 0 amide bonds. The van der Waals surface area contributed by atoms with E-state index in [1.807, 2.05) is 6.92 Å². The SMILES string of the molecule is C=C(C)CNC(N)=NCC1(CCOC)CCC1. The van der Waals surface area contributed by atoms with Gasteiger partial charge in [-0.3, -0.25) is 4.99 Å². The van der Waals surface area contributed by atoms with Gasteiger partial charge in [0, 0.05) is 26.8 Å². The first kappa shape index (κ1) is 14.0. The zero-order valence-corrected chi connectivity index (χ0v) is 11.1. The quantitative estimate of drug-likeness (QED) is 0.404. The summed E-state index contributed by atoms with van der Waals surface area (Å²) in [6, 6.07) is 0. The summed E-state index contributed by atoms with van der Waals surface area (Å²) in [5, 5.41) is 3.06. The second-order valence-corrected chi connectivity index (χ2v) is 5.11. The van der Waals surface area contributed by atoms with Crippen LogP contribution in [0.4, 0.5) is 0 Å². The number of aliphatic imine (C=N–C) groups is 1. The van der Waals surface area contributed by atoms with Crippen molar-refractivity contribution in [2.45, 2.75) is 32.6 Å². The Hall–Kier alpha value is -1.03. The molecule has 17 heavy (non-hydrogen) atoms. The average molecular weight is 239 g/mol. The molecule has 4 heteroatoms. The van der Waals surface area contributed by atoms with Crippen LogP contribution in [0.25, 0.3) is 0 Å². The number of methoxy groups -OCH3 is 1. The molecule has 0 atom stereocenters. The minimum atomic E-state index is 0.339. The van der Waals surface area contributed by atoms with Crippen molar-refractivity contribution in [1.29, 1.82) is 0 Å². The summed E-state index contributed by atoms with van der Waals surface area (Å²) in [5.41, 5.74) is 7.20. The van der Waals surface area contributed by atoms with Crippen molar-refractivity contribution in [1.82, 2.24) is 5.32 Å². The van der Waals surface area contributed by atoms with E-state index in [-0.39, 0.29) is 0 Å². The lowest BCUT2D eigenvalue weighted by Crippen LogP contribution is -2.37. The lowest BCUT2D eigenvalue weighted by atomic mass is 9.67. The Morgan fingerprint density at radius 2 is 2.24 bits per heavy atom. The predicted octanol–water partition coefficient (Wildman–Crippen LogP) is 1.67. The zero-order chi connectivity index (χ0) is 12.7. The normalized spacial score (nSPS) is 18.6. The van der Waals surface area contributed by atoms with Crippen LogP contribution >= 0.6 is 0 Å². The van der Waals surface area contributed by atoms with Crippen LogP contribution in [0.1, 0.15) is 32.6 Å². The second kappa shape index (κ2) is 6.64. The van der Waals surface area contributed by atoms with Crippen molar-refractivity contribution in [2.75, 3.05) is 26.8 Å². The number of nitrogens with one attached hydrogen (secondary N) is 1. The van der Waals surface area contributed by atoms with Crippen LogP contribution in [0.15, 0.2) is 17.1 Å². The van der Waals surface area contributed by atoms with Crippen molar-refractivity contribution < 1.29 is 4.74 Å².